The normalized spacial score (nSPS) is 19.3. The van der Waals surface area contributed by atoms with Gasteiger partial charge in [0.25, 0.3) is 0 Å². The molecule has 1 aromatic rings. The van der Waals surface area contributed by atoms with Crippen LogP contribution in [0.2, 0.25) is 5.02 Å². The van der Waals surface area contributed by atoms with Gasteiger partial charge in [0.1, 0.15) is 0 Å². The van der Waals surface area contributed by atoms with Crippen molar-refractivity contribution in [2.75, 3.05) is 6.54 Å². The Hall–Kier alpha value is -1.07. The van der Waals surface area contributed by atoms with Crippen molar-refractivity contribution in [2.45, 2.75) is 38.8 Å². The average Bonchev–Trinajstić information content (AvgIpc) is 2.86. The molecule has 18 heavy (non-hydrogen) atoms. The molecular formula is C12H19ClN4O. The summed E-state index contributed by atoms with van der Waals surface area (Å²) in [5, 5.41) is 11.4. The van der Waals surface area contributed by atoms with Crippen molar-refractivity contribution in [2.24, 2.45) is 7.05 Å². The molecule has 2 N–H and O–H groups in total. The van der Waals surface area contributed by atoms with E-state index in [1.165, 1.54) is 0 Å². The molecule has 1 unspecified atom stereocenters. The first kappa shape index (κ1) is 13.4. The van der Waals surface area contributed by atoms with Crippen LogP contribution in [0.25, 0.3) is 0 Å². The monoisotopic (exact) mass is 270 g/mol. The molecule has 1 aliphatic rings. The van der Waals surface area contributed by atoms with Crippen molar-refractivity contribution >= 4 is 17.5 Å². The number of rotatable bonds is 5. The highest BCUT2D eigenvalue weighted by atomic mass is 35.5. The van der Waals surface area contributed by atoms with Gasteiger partial charge in [0.2, 0.25) is 5.91 Å². The van der Waals surface area contributed by atoms with Crippen LogP contribution in [0, 0.1) is 0 Å². The highest BCUT2D eigenvalue weighted by Crippen LogP contribution is 2.20. The molecular weight excluding hydrogens is 252 g/mol. The lowest BCUT2D eigenvalue weighted by atomic mass is 10.2. The summed E-state index contributed by atoms with van der Waals surface area (Å²) in [6, 6.07) is 0.246. The van der Waals surface area contributed by atoms with Gasteiger partial charge in [0.05, 0.1) is 16.4 Å². The first-order valence-corrected chi connectivity index (χ1v) is 6.70. The molecule has 0 spiro atoms. The second-order valence-corrected chi connectivity index (χ2v) is 5.00. The maximum atomic E-state index is 11.1. The average molecular weight is 271 g/mol. The lowest BCUT2D eigenvalue weighted by molar-refractivity contribution is -0.119. The van der Waals surface area contributed by atoms with Crippen LogP contribution >= 0.6 is 11.6 Å². The number of nitrogens with one attached hydrogen (secondary N) is 2. The molecule has 0 aliphatic carbocycles. The van der Waals surface area contributed by atoms with Crippen molar-refractivity contribution in [3.8, 4) is 0 Å². The molecule has 1 aromatic heterocycles. The topological polar surface area (TPSA) is 59.0 Å². The van der Waals surface area contributed by atoms with E-state index in [0.29, 0.717) is 13.0 Å². The maximum Gasteiger partial charge on any atom is 0.220 e. The standard InChI is InChI=1S/C12H19ClN4O/c1-3-9-12(13)10(17(2)16-9)7-14-6-8-4-5-11(18)15-8/h8,14H,3-7H2,1-2H3,(H,15,18). The Morgan fingerprint density at radius 2 is 2.39 bits per heavy atom. The van der Waals surface area contributed by atoms with Gasteiger partial charge in [0.15, 0.2) is 0 Å². The molecule has 1 atom stereocenters. The fourth-order valence-corrected chi connectivity index (χ4v) is 2.57. The van der Waals surface area contributed by atoms with E-state index in [4.69, 9.17) is 11.6 Å². The van der Waals surface area contributed by atoms with Crippen molar-refractivity contribution in [3.63, 3.8) is 0 Å². The number of aromatic nitrogens is 2. The Morgan fingerprint density at radius 3 is 2.94 bits per heavy atom. The molecule has 1 amide bonds. The van der Waals surface area contributed by atoms with Crippen molar-refractivity contribution in [1.82, 2.24) is 20.4 Å². The summed E-state index contributed by atoms with van der Waals surface area (Å²) in [5.74, 6) is 0.147. The zero-order valence-corrected chi connectivity index (χ0v) is 11.5. The van der Waals surface area contributed by atoms with E-state index in [2.05, 4.69) is 15.7 Å². The molecule has 0 saturated carbocycles. The van der Waals surface area contributed by atoms with Crippen LogP contribution in [-0.4, -0.2) is 28.3 Å². The van der Waals surface area contributed by atoms with Crippen LogP contribution in [0.1, 0.15) is 31.2 Å². The molecule has 0 radical (unpaired) electrons. The molecule has 2 heterocycles. The van der Waals surface area contributed by atoms with Gasteiger partial charge in [-0.1, -0.05) is 18.5 Å². The number of hydrogen-bond acceptors (Lipinski definition) is 3. The molecule has 6 heteroatoms. The number of amides is 1. The van der Waals surface area contributed by atoms with Crippen molar-refractivity contribution < 1.29 is 4.79 Å². The van der Waals surface area contributed by atoms with Crippen LogP contribution in [0.3, 0.4) is 0 Å². The lowest BCUT2D eigenvalue weighted by Crippen LogP contribution is -2.35. The highest BCUT2D eigenvalue weighted by Gasteiger charge is 2.20. The van der Waals surface area contributed by atoms with Crippen molar-refractivity contribution in [3.05, 3.63) is 16.4 Å². The van der Waals surface area contributed by atoms with E-state index in [9.17, 15) is 4.79 Å². The van der Waals surface area contributed by atoms with Gasteiger partial charge in [0, 0.05) is 32.6 Å². The summed E-state index contributed by atoms with van der Waals surface area (Å²) >= 11 is 6.26. The predicted octanol–water partition coefficient (Wildman–Crippen LogP) is 1.00. The largest absolute Gasteiger partial charge is 0.352 e. The van der Waals surface area contributed by atoms with Gasteiger partial charge in [-0.25, -0.2) is 0 Å². The van der Waals surface area contributed by atoms with Gasteiger partial charge in [-0.05, 0) is 12.8 Å². The van der Waals surface area contributed by atoms with Gasteiger partial charge in [-0.15, -0.1) is 0 Å². The van der Waals surface area contributed by atoms with E-state index in [-0.39, 0.29) is 11.9 Å². The lowest BCUT2D eigenvalue weighted by Gasteiger charge is -2.11. The first-order chi connectivity index (χ1) is 8.61. The van der Waals surface area contributed by atoms with Crippen LogP contribution in [0.15, 0.2) is 0 Å². The Labute approximate surface area is 112 Å². The summed E-state index contributed by atoms with van der Waals surface area (Å²) in [6.45, 7) is 3.49. The second kappa shape index (κ2) is 5.71. The number of carbonyl (C=O) groups is 1. The highest BCUT2D eigenvalue weighted by molar-refractivity contribution is 6.31. The second-order valence-electron chi connectivity index (χ2n) is 4.62. The SMILES string of the molecule is CCc1nn(C)c(CNCC2CCC(=O)N2)c1Cl. The Morgan fingerprint density at radius 1 is 1.61 bits per heavy atom. The Bertz CT molecular complexity index is 444. The van der Waals surface area contributed by atoms with E-state index in [1.54, 1.807) is 0 Å². The number of aryl methyl sites for hydroxylation is 2. The van der Waals surface area contributed by atoms with E-state index in [0.717, 1.165) is 35.8 Å². The number of nitrogens with zero attached hydrogens (tertiary/aromatic N) is 2. The fraction of sp³-hybridized carbons (Fsp3) is 0.667. The molecule has 1 saturated heterocycles. The molecule has 0 aromatic carbocycles. The van der Waals surface area contributed by atoms with E-state index in [1.807, 2.05) is 18.7 Å². The molecule has 0 bridgehead atoms. The Kier molecular flexibility index (Phi) is 4.24. The third-order valence-electron chi connectivity index (χ3n) is 3.27. The number of hydrogen-bond donors (Lipinski definition) is 2. The maximum absolute atomic E-state index is 11.1. The zero-order valence-electron chi connectivity index (χ0n) is 10.8. The minimum Gasteiger partial charge on any atom is -0.352 e. The molecule has 100 valence electrons. The number of carbonyl (C=O) groups excluding carboxylic acids is 1. The van der Waals surface area contributed by atoms with Gasteiger partial charge < -0.3 is 10.6 Å². The van der Waals surface area contributed by atoms with Crippen LogP contribution in [-0.2, 0) is 24.8 Å². The fourth-order valence-electron chi connectivity index (χ4n) is 2.21. The molecule has 5 nitrogen and oxygen atoms in total. The van der Waals surface area contributed by atoms with Gasteiger partial charge >= 0.3 is 0 Å². The minimum absolute atomic E-state index is 0.147. The quantitative estimate of drug-likeness (QED) is 0.839. The third-order valence-corrected chi connectivity index (χ3v) is 3.71. The molecule has 1 fully saturated rings. The third kappa shape index (κ3) is 2.84. The zero-order chi connectivity index (χ0) is 13.1. The van der Waals surface area contributed by atoms with Gasteiger partial charge in [-0.3, -0.25) is 9.48 Å². The summed E-state index contributed by atoms with van der Waals surface area (Å²) in [4.78, 5) is 11.1. The van der Waals surface area contributed by atoms with E-state index >= 15 is 0 Å². The smallest absolute Gasteiger partial charge is 0.220 e. The summed E-state index contributed by atoms with van der Waals surface area (Å²) < 4.78 is 1.82. The van der Waals surface area contributed by atoms with Crippen molar-refractivity contribution in [1.29, 1.82) is 0 Å². The first-order valence-electron chi connectivity index (χ1n) is 6.32. The van der Waals surface area contributed by atoms with Crippen LogP contribution in [0.4, 0.5) is 0 Å². The van der Waals surface area contributed by atoms with Crippen LogP contribution in [0.5, 0.6) is 0 Å². The van der Waals surface area contributed by atoms with Gasteiger partial charge in [-0.2, -0.15) is 5.10 Å². The minimum atomic E-state index is 0.147. The number of halogens is 1. The summed E-state index contributed by atoms with van der Waals surface area (Å²) in [5.41, 5.74) is 1.93. The summed E-state index contributed by atoms with van der Waals surface area (Å²) in [6.07, 6.45) is 2.38. The Balaban J connectivity index is 1.86. The summed E-state index contributed by atoms with van der Waals surface area (Å²) in [7, 11) is 1.90. The molecule has 2 rings (SSSR count). The van der Waals surface area contributed by atoms with Crippen LogP contribution < -0.4 is 10.6 Å². The predicted molar refractivity (Wildman–Crippen MR) is 70.5 cm³/mol. The van der Waals surface area contributed by atoms with E-state index < -0.39 is 0 Å². The molecule has 1 aliphatic heterocycles.